The Hall–Kier alpha value is -2.98. The molecular weight excluding hydrogens is 420 g/mol. The van der Waals surface area contributed by atoms with Crippen molar-refractivity contribution in [3.63, 3.8) is 0 Å². The van der Waals surface area contributed by atoms with Gasteiger partial charge in [-0.1, -0.05) is 19.9 Å². The van der Waals surface area contributed by atoms with Crippen molar-refractivity contribution in [1.82, 2.24) is 19.9 Å². The summed E-state index contributed by atoms with van der Waals surface area (Å²) < 4.78 is 5.20. The van der Waals surface area contributed by atoms with Crippen molar-refractivity contribution in [3.05, 3.63) is 29.3 Å². The maximum Gasteiger partial charge on any atom is 0.248 e. The Morgan fingerprint density at radius 1 is 1.30 bits per heavy atom. The van der Waals surface area contributed by atoms with Crippen molar-refractivity contribution >= 4 is 29.4 Å². The van der Waals surface area contributed by atoms with Gasteiger partial charge in [0.2, 0.25) is 23.8 Å². The number of ether oxygens (including phenoxy) is 1. The molecule has 0 bridgehead atoms. The van der Waals surface area contributed by atoms with Gasteiger partial charge in [-0.25, -0.2) is 0 Å². The number of aryl methyl sites for hydroxylation is 1. The van der Waals surface area contributed by atoms with Gasteiger partial charge in [0.25, 0.3) is 0 Å². The number of hydrogen-bond donors (Lipinski definition) is 3. The zero-order valence-electron chi connectivity index (χ0n) is 20.3. The van der Waals surface area contributed by atoms with E-state index in [4.69, 9.17) is 10.5 Å². The van der Waals surface area contributed by atoms with Crippen LogP contribution in [-0.2, 0) is 4.74 Å². The smallest absolute Gasteiger partial charge is 0.248 e. The Balaban J connectivity index is 1.84. The Bertz CT molecular complexity index is 952. The molecule has 1 unspecified atom stereocenters. The number of nitrogens with two attached hydrogens (primary N) is 1. The number of amides is 1. The van der Waals surface area contributed by atoms with Crippen LogP contribution in [0.1, 0.15) is 36.2 Å². The highest BCUT2D eigenvalue weighted by molar-refractivity contribution is 5.94. The minimum atomic E-state index is -0.479. The van der Waals surface area contributed by atoms with Crippen LogP contribution in [0.25, 0.3) is 0 Å². The van der Waals surface area contributed by atoms with Crippen molar-refractivity contribution < 1.29 is 9.53 Å². The summed E-state index contributed by atoms with van der Waals surface area (Å²) in [6, 6.07) is 5.53. The van der Waals surface area contributed by atoms with Crippen LogP contribution < -0.4 is 21.3 Å². The quantitative estimate of drug-likeness (QED) is 0.467. The van der Waals surface area contributed by atoms with E-state index in [0.717, 1.165) is 50.5 Å². The lowest BCUT2D eigenvalue weighted by Gasteiger charge is -2.21. The van der Waals surface area contributed by atoms with Crippen LogP contribution in [0.15, 0.2) is 18.2 Å². The SMILES string of the molecule is COCCN1CCC(Nc2nc(Nc3cc(C(N)=O)ccc3C)nc(N(C)CC(C)C)n2)C1. The monoisotopic (exact) mass is 456 g/mol. The van der Waals surface area contributed by atoms with Crippen LogP contribution in [0.3, 0.4) is 0 Å². The molecule has 1 aliphatic heterocycles. The fourth-order valence-electron chi connectivity index (χ4n) is 3.87. The standard InChI is InChI=1S/C23H36N8O2/c1-15(2)13-30(4)23-28-21(25-18-8-9-31(14-18)10-11-33-5)27-22(29-23)26-19-12-17(20(24)32)7-6-16(19)3/h6-7,12,15,18H,8-11,13-14H2,1-5H3,(H2,24,32)(H2,25,26,27,28,29). The topological polar surface area (TPSA) is 122 Å². The van der Waals surface area contributed by atoms with Crippen molar-refractivity contribution in [2.24, 2.45) is 11.7 Å². The first-order valence-electron chi connectivity index (χ1n) is 11.4. The van der Waals surface area contributed by atoms with Crippen molar-refractivity contribution in [3.8, 4) is 0 Å². The predicted molar refractivity (Wildman–Crippen MR) is 131 cm³/mol. The number of nitrogens with one attached hydrogen (secondary N) is 2. The third-order valence-corrected chi connectivity index (χ3v) is 5.59. The van der Waals surface area contributed by atoms with E-state index < -0.39 is 5.91 Å². The van der Waals surface area contributed by atoms with E-state index in [1.165, 1.54) is 0 Å². The molecule has 10 heteroatoms. The number of carbonyl (C=O) groups is 1. The van der Waals surface area contributed by atoms with E-state index in [2.05, 4.69) is 44.3 Å². The summed E-state index contributed by atoms with van der Waals surface area (Å²) in [5, 5.41) is 6.74. The number of nitrogens with zero attached hydrogens (tertiary/aromatic N) is 5. The highest BCUT2D eigenvalue weighted by Crippen LogP contribution is 2.23. The van der Waals surface area contributed by atoms with E-state index in [-0.39, 0.29) is 6.04 Å². The van der Waals surface area contributed by atoms with Crippen LogP contribution in [0.5, 0.6) is 0 Å². The molecule has 2 aromatic rings. The first-order chi connectivity index (χ1) is 15.7. The number of aromatic nitrogens is 3. The fraction of sp³-hybridized carbons (Fsp3) is 0.565. The molecule has 0 aliphatic carbocycles. The number of benzene rings is 1. The Morgan fingerprint density at radius 3 is 2.76 bits per heavy atom. The summed E-state index contributed by atoms with van der Waals surface area (Å²) in [5.74, 6) is 1.50. The second-order valence-corrected chi connectivity index (χ2v) is 9.00. The van der Waals surface area contributed by atoms with Gasteiger partial charge >= 0.3 is 0 Å². The normalized spacial score (nSPS) is 16.2. The highest BCUT2D eigenvalue weighted by Gasteiger charge is 2.23. The zero-order valence-corrected chi connectivity index (χ0v) is 20.3. The summed E-state index contributed by atoms with van der Waals surface area (Å²) in [7, 11) is 3.70. The number of methoxy groups -OCH3 is 1. The molecule has 1 saturated heterocycles. The highest BCUT2D eigenvalue weighted by atomic mass is 16.5. The Labute approximate surface area is 195 Å². The molecule has 180 valence electrons. The van der Waals surface area contributed by atoms with Gasteiger partial charge in [-0.15, -0.1) is 0 Å². The van der Waals surface area contributed by atoms with Gasteiger partial charge in [-0.05, 0) is 37.0 Å². The average molecular weight is 457 g/mol. The van der Waals surface area contributed by atoms with Crippen molar-refractivity contribution in [1.29, 1.82) is 0 Å². The molecule has 1 amide bonds. The molecule has 0 spiro atoms. The fourth-order valence-corrected chi connectivity index (χ4v) is 3.87. The van der Waals surface area contributed by atoms with Gasteiger partial charge in [0, 0.05) is 57.6 Å². The Kier molecular flexibility index (Phi) is 8.40. The summed E-state index contributed by atoms with van der Waals surface area (Å²) >= 11 is 0. The van der Waals surface area contributed by atoms with Crippen LogP contribution in [0, 0.1) is 12.8 Å². The van der Waals surface area contributed by atoms with Gasteiger partial charge in [-0.3, -0.25) is 9.69 Å². The van der Waals surface area contributed by atoms with Crippen molar-refractivity contribution in [2.45, 2.75) is 33.2 Å². The molecule has 10 nitrogen and oxygen atoms in total. The molecule has 1 atom stereocenters. The van der Waals surface area contributed by atoms with Crippen LogP contribution >= 0.6 is 0 Å². The minimum Gasteiger partial charge on any atom is -0.383 e. The molecule has 0 radical (unpaired) electrons. The van der Waals surface area contributed by atoms with Crippen LogP contribution in [0.4, 0.5) is 23.5 Å². The van der Waals surface area contributed by atoms with E-state index >= 15 is 0 Å². The molecule has 0 saturated carbocycles. The molecule has 2 heterocycles. The minimum absolute atomic E-state index is 0.250. The maximum atomic E-state index is 11.6. The third-order valence-electron chi connectivity index (χ3n) is 5.59. The zero-order chi connectivity index (χ0) is 24.0. The van der Waals surface area contributed by atoms with Crippen LogP contribution in [-0.4, -0.2) is 78.7 Å². The summed E-state index contributed by atoms with van der Waals surface area (Å²) in [6.07, 6.45) is 1.01. The van der Waals surface area contributed by atoms with Crippen LogP contribution in [0.2, 0.25) is 0 Å². The number of hydrogen-bond acceptors (Lipinski definition) is 9. The molecule has 1 aromatic heterocycles. The first kappa shape index (κ1) is 24.7. The van der Waals surface area contributed by atoms with Gasteiger partial charge < -0.3 is 26.0 Å². The summed E-state index contributed by atoms with van der Waals surface area (Å²) in [4.78, 5) is 30.0. The average Bonchev–Trinajstić information content (AvgIpc) is 3.20. The second-order valence-electron chi connectivity index (χ2n) is 9.00. The lowest BCUT2D eigenvalue weighted by atomic mass is 10.1. The molecule has 1 fully saturated rings. The molecule has 4 N–H and O–H groups in total. The molecule has 1 aliphatic rings. The van der Waals surface area contributed by atoms with Gasteiger partial charge in [0.1, 0.15) is 0 Å². The molecule has 1 aromatic carbocycles. The second kappa shape index (κ2) is 11.2. The lowest BCUT2D eigenvalue weighted by molar-refractivity contribution is 0.100. The predicted octanol–water partition coefficient (Wildman–Crippen LogP) is 2.25. The molecular formula is C23H36N8O2. The van der Waals surface area contributed by atoms with Gasteiger partial charge in [0.15, 0.2) is 0 Å². The van der Waals surface area contributed by atoms with E-state index in [1.807, 2.05) is 24.9 Å². The number of anilines is 4. The number of primary amides is 1. The van der Waals surface area contributed by atoms with Gasteiger partial charge in [-0.2, -0.15) is 15.0 Å². The third kappa shape index (κ3) is 7.00. The van der Waals surface area contributed by atoms with Crippen molar-refractivity contribution in [2.75, 3.05) is 62.5 Å². The van der Waals surface area contributed by atoms with E-state index in [0.29, 0.717) is 29.3 Å². The number of likely N-dealkylation sites (tertiary alicyclic amines) is 1. The summed E-state index contributed by atoms with van der Waals surface area (Å²) in [6.45, 7) is 10.6. The number of carbonyl (C=O) groups excluding carboxylic acids is 1. The maximum absolute atomic E-state index is 11.6. The van der Waals surface area contributed by atoms with E-state index in [9.17, 15) is 4.79 Å². The molecule has 3 rings (SSSR count). The lowest BCUT2D eigenvalue weighted by Crippen LogP contribution is -2.30. The van der Waals surface area contributed by atoms with E-state index in [1.54, 1.807) is 19.2 Å². The molecule has 33 heavy (non-hydrogen) atoms. The Morgan fingerprint density at radius 2 is 2.06 bits per heavy atom. The summed E-state index contributed by atoms with van der Waals surface area (Å²) in [5.41, 5.74) is 7.57. The van der Waals surface area contributed by atoms with Gasteiger partial charge in [0.05, 0.1) is 6.61 Å². The first-order valence-corrected chi connectivity index (χ1v) is 11.4. The largest absolute Gasteiger partial charge is 0.383 e. The number of rotatable bonds is 11.